The maximum absolute atomic E-state index is 5.96. The smallest absolute Gasteiger partial charge is 0.146 e. The first-order chi connectivity index (χ1) is 7.75. The third kappa shape index (κ3) is 2.91. The van der Waals surface area contributed by atoms with Crippen LogP contribution in [0.4, 0.5) is 0 Å². The molecule has 0 aromatic heterocycles. The van der Waals surface area contributed by atoms with Crippen LogP contribution in [0.25, 0.3) is 0 Å². The lowest BCUT2D eigenvalue weighted by Crippen LogP contribution is -1.95. The van der Waals surface area contributed by atoms with Gasteiger partial charge in [-0.2, -0.15) is 0 Å². The highest BCUT2D eigenvalue weighted by atomic mass is 35.5. The van der Waals surface area contributed by atoms with Gasteiger partial charge in [0.25, 0.3) is 0 Å². The Balaban J connectivity index is 2.05. The molecule has 0 unspecified atom stereocenters. The second-order valence-electron chi connectivity index (χ2n) is 3.27. The van der Waals surface area contributed by atoms with E-state index in [0.29, 0.717) is 22.4 Å². The zero-order chi connectivity index (χ0) is 11.4. The molecule has 16 heavy (non-hydrogen) atoms. The molecule has 0 saturated heterocycles. The van der Waals surface area contributed by atoms with Crippen LogP contribution in [0.15, 0.2) is 42.5 Å². The molecule has 0 aliphatic rings. The van der Waals surface area contributed by atoms with Crippen LogP contribution >= 0.6 is 23.2 Å². The van der Waals surface area contributed by atoms with Gasteiger partial charge in [-0.1, -0.05) is 53.5 Å². The highest BCUT2D eigenvalue weighted by Gasteiger charge is 2.02. The standard InChI is InChI=1S/C13H9Cl2O/c14-11-6-7-13(12(15)8-11)16-9-10-4-2-1-3-5-10/h1-6,8H,9H2. The predicted molar refractivity (Wildman–Crippen MR) is 66.1 cm³/mol. The Hall–Kier alpha value is -1.18. The minimum absolute atomic E-state index is 0.471. The van der Waals surface area contributed by atoms with Crippen molar-refractivity contribution in [1.82, 2.24) is 0 Å². The quantitative estimate of drug-likeness (QED) is 0.787. The van der Waals surface area contributed by atoms with E-state index in [1.165, 1.54) is 0 Å². The Morgan fingerprint density at radius 2 is 1.88 bits per heavy atom. The van der Waals surface area contributed by atoms with Crippen molar-refractivity contribution in [2.24, 2.45) is 0 Å². The van der Waals surface area contributed by atoms with Crippen molar-refractivity contribution < 1.29 is 4.74 Å². The molecule has 0 aliphatic heterocycles. The molecule has 0 spiro atoms. The fourth-order valence-electron chi connectivity index (χ4n) is 1.27. The first-order valence-electron chi connectivity index (χ1n) is 4.79. The highest BCUT2D eigenvalue weighted by molar-refractivity contribution is 6.35. The Labute approximate surface area is 105 Å². The van der Waals surface area contributed by atoms with E-state index in [1.54, 1.807) is 12.1 Å². The topological polar surface area (TPSA) is 9.23 Å². The van der Waals surface area contributed by atoms with E-state index in [2.05, 4.69) is 6.07 Å². The van der Waals surface area contributed by atoms with Crippen molar-refractivity contribution in [1.29, 1.82) is 0 Å². The predicted octanol–water partition coefficient (Wildman–Crippen LogP) is 4.37. The Bertz CT molecular complexity index is 469. The van der Waals surface area contributed by atoms with E-state index in [4.69, 9.17) is 27.9 Å². The van der Waals surface area contributed by atoms with Crippen LogP contribution in [-0.4, -0.2) is 0 Å². The largest absolute Gasteiger partial charge is 0.487 e. The lowest BCUT2D eigenvalue weighted by Gasteiger charge is -2.07. The number of halogens is 2. The summed E-state index contributed by atoms with van der Waals surface area (Å²) < 4.78 is 5.53. The summed E-state index contributed by atoms with van der Waals surface area (Å²) in [5, 5.41) is 1.03. The van der Waals surface area contributed by atoms with Crippen molar-refractivity contribution in [3.8, 4) is 5.75 Å². The lowest BCUT2D eigenvalue weighted by atomic mass is 10.2. The summed E-state index contributed by atoms with van der Waals surface area (Å²) in [5.74, 6) is 0.523. The van der Waals surface area contributed by atoms with Crippen LogP contribution in [0.3, 0.4) is 0 Å². The molecule has 0 heterocycles. The summed E-state index contributed by atoms with van der Waals surface area (Å²) in [6.45, 7) is 0.471. The minimum Gasteiger partial charge on any atom is -0.487 e. The average Bonchev–Trinajstić information content (AvgIpc) is 2.29. The first kappa shape index (κ1) is 11.3. The van der Waals surface area contributed by atoms with E-state index >= 15 is 0 Å². The van der Waals surface area contributed by atoms with Gasteiger partial charge >= 0.3 is 0 Å². The minimum atomic E-state index is 0.471. The number of hydrogen-bond acceptors (Lipinski definition) is 1. The third-order valence-electron chi connectivity index (χ3n) is 2.05. The van der Waals surface area contributed by atoms with Crippen molar-refractivity contribution >= 4 is 23.2 Å². The van der Waals surface area contributed by atoms with Crippen LogP contribution in [0, 0.1) is 6.07 Å². The van der Waals surface area contributed by atoms with Gasteiger partial charge in [0.15, 0.2) is 0 Å². The zero-order valence-corrected chi connectivity index (χ0v) is 9.92. The number of rotatable bonds is 3. The molecule has 0 aliphatic carbocycles. The summed E-state index contributed by atoms with van der Waals surface area (Å²) in [5.41, 5.74) is 1.09. The molecule has 0 bridgehead atoms. The molecule has 0 N–H and O–H groups in total. The van der Waals surface area contributed by atoms with E-state index in [-0.39, 0.29) is 0 Å². The van der Waals surface area contributed by atoms with Gasteiger partial charge in [-0.15, -0.1) is 0 Å². The summed E-state index contributed by atoms with van der Waals surface area (Å²) >= 11 is 11.7. The van der Waals surface area contributed by atoms with Crippen molar-refractivity contribution in [3.05, 3.63) is 64.1 Å². The van der Waals surface area contributed by atoms with E-state index in [1.807, 2.05) is 30.3 Å². The molecule has 0 saturated carbocycles. The summed E-state index contributed by atoms with van der Waals surface area (Å²) in [4.78, 5) is 0. The first-order valence-corrected chi connectivity index (χ1v) is 5.55. The Morgan fingerprint density at radius 1 is 1.12 bits per heavy atom. The SMILES string of the molecule is Clc1c[c]c(OCc2ccccc2)c(Cl)c1. The van der Waals surface area contributed by atoms with Crippen molar-refractivity contribution in [2.75, 3.05) is 0 Å². The van der Waals surface area contributed by atoms with Crippen LogP contribution in [0.2, 0.25) is 10.0 Å². The van der Waals surface area contributed by atoms with Gasteiger partial charge in [0, 0.05) is 11.1 Å². The Morgan fingerprint density at radius 3 is 2.56 bits per heavy atom. The zero-order valence-electron chi connectivity index (χ0n) is 8.41. The molecule has 0 atom stereocenters. The van der Waals surface area contributed by atoms with Crippen LogP contribution in [-0.2, 0) is 6.61 Å². The van der Waals surface area contributed by atoms with Gasteiger partial charge in [0.2, 0.25) is 0 Å². The molecule has 81 valence electrons. The molecule has 0 amide bonds. The van der Waals surface area contributed by atoms with Gasteiger partial charge in [0.1, 0.15) is 12.4 Å². The van der Waals surface area contributed by atoms with E-state index < -0.39 is 0 Å². The maximum Gasteiger partial charge on any atom is 0.146 e. The fraction of sp³-hybridized carbons (Fsp3) is 0.0769. The van der Waals surface area contributed by atoms with E-state index in [9.17, 15) is 0 Å². The molecule has 3 heteroatoms. The van der Waals surface area contributed by atoms with Crippen LogP contribution < -0.4 is 4.74 Å². The molecule has 0 fully saturated rings. The maximum atomic E-state index is 5.96. The summed E-state index contributed by atoms with van der Waals surface area (Å²) in [6.07, 6.45) is 0. The van der Waals surface area contributed by atoms with Gasteiger partial charge in [-0.3, -0.25) is 0 Å². The lowest BCUT2D eigenvalue weighted by molar-refractivity contribution is 0.306. The Kier molecular flexibility index (Phi) is 3.70. The summed E-state index contributed by atoms with van der Waals surface area (Å²) in [6, 6.07) is 16.0. The van der Waals surface area contributed by atoms with Gasteiger partial charge in [-0.25, -0.2) is 0 Å². The van der Waals surface area contributed by atoms with Crippen LogP contribution in [0.5, 0.6) is 5.75 Å². The molecule has 2 aromatic carbocycles. The molecular formula is C13H9Cl2O. The van der Waals surface area contributed by atoms with Crippen molar-refractivity contribution in [2.45, 2.75) is 6.61 Å². The van der Waals surface area contributed by atoms with Gasteiger partial charge in [-0.05, 0) is 17.7 Å². The number of hydrogen-bond donors (Lipinski definition) is 0. The van der Waals surface area contributed by atoms with Gasteiger partial charge in [0.05, 0.1) is 5.02 Å². The average molecular weight is 252 g/mol. The normalized spacial score (nSPS) is 10.1. The highest BCUT2D eigenvalue weighted by Crippen LogP contribution is 2.27. The molecule has 2 aromatic rings. The fourth-order valence-corrected chi connectivity index (χ4v) is 1.72. The van der Waals surface area contributed by atoms with Crippen molar-refractivity contribution in [3.63, 3.8) is 0 Å². The van der Waals surface area contributed by atoms with E-state index in [0.717, 1.165) is 5.56 Å². The molecular weight excluding hydrogens is 243 g/mol. The molecule has 1 radical (unpaired) electrons. The second kappa shape index (κ2) is 5.24. The van der Waals surface area contributed by atoms with Gasteiger partial charge < -0.3 is 4.74 Å². The van der Waals surface area contributed by atoms with Crippen LogP contribution in [0.1, 0.15) is 5.56 Å². The second-order valence-corrected chi connectivity index (χ2v) is 4.11. The number of benzene rings is 2. The molecule has 2 rings (SSSR count). The molecule has 1 nitrogen and oxygen atoms in total. The number of ether oxygens (including phenoxy) is 1. The monoisotopic (exact) mass is 251 g/mol. The third-order valence-corrected chi connectivity index (χ3v) is 2.55. The summed E-state index contributed by atoms with van der Waals surface area (Å²) in [7, 11) is 0.